The Bertz CT molecular complexity index is 939. The van der Waals surface area contributed by atoms with Gasteiger partial charge in [0.15, 0.2) is 0 Å². The number of carbonyl (C=O) groups excluding carboxylic acids is 2. The summed E-state index contributed by atoms with van der Waals surface area (Å²) in [6.45, 7) is 5.64. The highest BCUT2D eigenvalue weighted by atomic mass is 32.2. The number of esters is 1. The van der Waals surface area contributed by atoms with Crippen molar-refractivity contribution in [2.45, 2.75) is 38.1 Å². The van der Waals surface area contributed by atoms with Crippen LogP contribution in [0.4, 0.5) is 5.69 Å². The highest BCUT2D eigenvalue weighted by Crippen LogP contribution is 2.15. The van der Waals surface area contributed by atoms with Crippen LogP contribution in [0.25, 0.3) is 0 Å². The predicted octanol–water partition coefficient (Wildman–Crippen LogP) is 3.19. The average Bonchev–Trinajstić information content (AvgIpc) is 2.68. The number of sulfonamides is 1. The summed E-state index contributed by atoms with van der Waals surface area (Å²) in [5, 5.41) is 2.68. The number of ether oxygens (including phenoxy) is 1. The first-order chi connectivity index (χ1) is 13.3. The second-order valence-corrected chi connectivity index (χ2v) is 7.92. The molecule has 0 radical (unpaired) electrons. The zero-order valence-electron chi connectivity index (χ0n) is 16.1. The fourth-order valence-corrected chi connectivity index (χ4v) is 3.67. The van der Waals surface area contributed by atoms with E-state index in [0.29, 0.717) is 23.2 Å². The zero-order valence-corrected chi connectivity index (χ0v) is 16.9. The summed E-state index contributed by atoms with van der Waals surface area (Å²) in [5.74, 6) is -0.887. The molecule has 1 amide bonds. The van der Waals surface area contributed by atoms with Gasteiger partial charge in [0.05, 0.1) is 17.1 Å². The molecule has 0 bridgehead atoms. The predicted molar refractivity (Wildman–Crippen MR) is 107 cm³/mol. The van der Waals surface area contributed by atoms with Gasteiger partial charge in [-0.15, -0.1) is 0 Å². The van der Waals surface area contributed by atoms with Gasteiger partial charge in [0.25, 0.3) is 5.91 Å². The van der Waals surface area contributed by atoms with Crippen LogP contribution in [-0.4, -0.2) is 32.9 Å². The third kappa shape index (κ3) is 5.64. The topological polar surface area (TPSA) is 102 Å². The molecular weight excluding hydrogens is 380 g/mol. The summed E-state index contributed by atoms with van der Waals surface area (Å²) in [5.41, 5.74) is 1.06. The number of hydrogen-bond donors (Lipinski definition) is 2. The van der Waals surface area contributed by atoms with E-state index < -0.39 is 21.9 Å². The Kier molecular flexibility index (Phi) is 7.31. The van der Waals surface area contributed by atoms with Gasteiger partial charge in [-0.05, 0) is 62.7 Å². The van der Waals surface area contributed by atoms with E-state index >= 15 is 0 Å². The quantitative estimate of drug-likeness (QED) is 0.658. The van der Waals surface area contributed by atoms with Crippen LogP contribution >= 0.6 is 0 Å². The first kappa shape index (κ1) is 21.6. The van der Waals surface area contributed by atoms with E-state index in [4.69, 9.17) is 4.74 Å². The second kappa shape index (κ2) is 9.48. The van der Waals surface area contributed by atoms with Crippen molar-refractivity contribution in [2.24, 2.45) is 0 Å². The maximum Gasteiger partial charge on any atom is 0.338 e. The largest absolute Gasteiger partial charge is 0.462 e. The number of hydrogen-bond acceptors (Lipinski definition) is 5. The number of anilines is 1. The molecule has 0 aliphatic rings. The van der Waals surface area contributed by atoms with Gasteiger partial charge < -0.3 is 10.1 Å². The standard InChI is InChI=1S/C20H24N2O5S/c1-4-14(3)22-28(25,26)18-11-9-15(10-12-18)19(23)21-17-8-6-7-16(13-17)20(24)27-5-2/h6-14,22H,4-5H2,1-3H3,(H,21,23)/t14-/m1/s1. The van der Waals surface area contributed by atoms with Gasteiger partial charge in [-0.25, -0.2) is 17.9 Å². The minimum absolute atomic E-state index is 0.0914. The molecule has 28 heavy (non-hydrogen) atoms. The van der Waals surface area contributed by atoms with Crippen molar-refractivity contribution in [1.82, 2.24) is 4.72 Å². The Morgan fingerprint density at radius 3 is 2.32 bits per heavy atom. The molecule has 0 fully saturated rings. The number of benzene rings is 2. The Labute approximate surface area is 165 Å². The lowest BCUT2D eigenvalue weighted by Gasteiger charge is -2.12. The van der Waals surface area contributed by atoms with Crippen LogP contribution in [0.1, 0.15) is 47.9 Å². The molecule has 0 unspecified atom stereocenters. The van der Waals surface area contributed by atoms with Crippen molar-refractivity contribution in [1.29, 1.82) is 0 Å². The van der Waals surface area contributed by atoms with Gasteiger partial charge in [0, 0.05) is 17.3 Å². The number of rotatable bonds is 8. The smallest absolute Gasteiger partial charge is 0.338 e. The van der Waals surface area contributed by atoms with E-state index in [1.165, 1.54) is 30.3 Å². The Balaban J connectivity index is 2.12. The SMILES string of the molecule is CCOC(=O)c1cccc(NC(=O)c2ccc(S(=O)(=O)N[C@H](C)CC)cc2)c1. The van der Waals surface area contributed by atoms with Crippen molar-refractivity contribution in [3.63, 3.8) is 0 Å². The summed E-state index contributed by atoms with van der Waals surface area (Å²) in [6, 6.07) is 11.9. The maximum absolute atomic E-state index is 12.4. The van der Waals surface area contributed by atoms with Crippen LogP contribution in [-0.2, 0) is 14.8 Å². The minimum atomic E-state index is -3.63. The Hall–Kier alpha value is -2.71. The Morgan fingerprint density at radius 2 is 1.71 bits per heavy atom. The van der Waals surface area contributed by atoms with Crippen molar-refractivity contribution in [3.05, 3.63) is 59.7 Å². The highest BCUT2D eigenvalue weighted by Gasteiger charge is 2.17. The van der Waals surface area contributed by atoms with E-state index in [1.54, 1.807) is 32.0 Å². The van der Waals surface area contributed by atoms with Crippen LogP contribution in [0.3, 0.4) is 0 Å². The van der Waals surface area contributed by atoms with Crippen molar-refractivity contribution in [3.8, 4) is 0 Å². The number of carbonyl (C=O) groups is 2. The van der Waals surface area contributed by atoms with Gasteiger partial charge in [0.2, 0.25) is 10.0 Å². The molecule has 0 saturated heterocycles. The van der Waals surface area contributed by atoms with Gasteiger partial charge in [-0.3, -0.25) is 4.79 Å². The molecule has 2 rings (SSSR count). The van der Waals surface area contributed by atoms with Crippen LogP contribution in [0.2, 0.25) is 0 Å². The lowest BCUT2D eigenvalue weighted by Crippen LogP contribution is -2.32. The first-order valence-electron chi connectivity index (χ1n) is 8.97. The molecule has 0 spiro atoms. The molecule has 2 aromatic rings. The summed E-state index contributed by atoms with van der Waals surface area (Å²) in [7, 11) is -3.63. The molecule has 2 aromatic carbocycles. The maximum atomic E-state index is 12.4. The third-order valence-corrected chi connectivity index (χ3v) is 5.63. The average molecular weight is 404 g/mol. The molecule has 0 aliphatic carbocycles. The van der Waals surface area contributed by atoms with Gasteiger partial charge in [0.1, 0.15) is 0 Å². The van der Waals surface area contributed by atoms with Gasteiger partial charge in [-0.1, -0.05) is 13.0 Å². The fourth-order valence-electron chi connectivity index (χ4n) is 2.34. The number of amides is 1. The van der Waals surface area contributed by atoms with Crippen LogP contribution in [0.15, 0.2) is 53.4 Å². The van der Waals surface area contributed by atoms with E-state index in [0.717, 1.165) is 0 Å². The van der Waals surface area contributed by atoms with E-state index in [2.05, 4.69) is 10.0 Å². The molecule has 0 aliphatic heterocycles. The molecule has 7 nitrogen and oxygen atoms in total. The molecule has 1 atom stereocenters. The summed E-state index contributed by atoms with van der Waals surface area (Å²) in [6.07, 6.45) is 0.671. The molecule has 0 saturated carbocycles. The highest BCUT2D eigenvalue weighted by molar-refractivity contribution is 7.89. The summed E-state index contributed by atoms with van der Waals surface area (Å²) in [4.78, 5) is 24.3. The first-order valence-corrected chi connectivity index (χ1v) is 10.5. The normalized spacial score (nSPS) is 12.2. The van der Waals surface area contributed by atoms with E-state index in [9.17, 15) is 18.0 Å². The number of nitrogens with one attached hydrogen (secondary N) is 2. The monoisotopic (exact) mass is 404 g/mol. The van der Waals surface area contributed by atoms with Crippen molar-refractivity contribution >= 4 is 27.6 Å². The fraction of sp³-hybridized carbons (Fsp3) is 0.300. The second-order valence-electron chi connectivity index (χ2n) is 6.21. The van der Waals surface area contributed by atoms with Crippen molar-refractivity contribution < 1.29 is 22.7 Å². The third-order valence-electron chi connectivity index (χ3n) is 4.03. The molecule has 2 N–H and O–H groups in total. The molecule has 8 heteroatoms. The van der Waals surface area contributed by atoms with E-state index in [1.807, 2.05) is 6.92 Å². The zero-order chi connectivity index (χ0) is 20.7. The molecular formula is C20H24N2O5S. The van der Waals surface area contributed by atoms with Crippen LogP contribution in [0.5, 0.6) is 0 Å². The van der Waals surface area contributed by atoms with Crippen LogP contribution < -0.4 is 10.0 Å². The minimum Gasteiger partial charge on any atom is -0.462 e. The molecule has 0 heterocycles. The lowest BCUT2D eigenvalue weighted by atomic mass is 10.1. The molecule has 0 aromatic heterocycles. The molecule has 150 valence electrons. The van der Waals surface area contributed by atoms with Crippen molar-refractivity contribution in [2.75, 3.05) is 11.9 Å². The Morgan fingerprint density at radius 1 is 1.04 bits per heavy atom. The van der Waals surface area contributed by atoms with Gasteiger partial charge >= 0.3 is 5.97 Å². The summed E-state index contributed by atoms with van der Waals surface area (Å²) < 4.78 is 32.0. The van der Waals surface area contributed by atoms with E-state index in [-0.39, 0.29) is 17.5 Å². The lowest BCUT2D eigenvalue weighted by molar-refractivity contribution is 0.0526. The van der Waals surface area contributed by atoms with Gasteiger partial charge in [-0.2, -0.15) is 0 Å². The summed E-state index contributed by atoms with van der Waals surface area (Å²) >= 11 is 0. The van der Waals surface area contributed by atoms with Crippen LogP contribution in [0, 0.1) is 0 Å².